The zero-order valence-corrected chi connectivity index (χ0v) is 17.9. The van der Waals surface area contributed by atoms with E-state index in [0.29, 0.717) is 36.7 Å². The Bertz CT molecular complexity index is 1100. The first kappa shape index (κ1) is 22.6. The topological polar surface area (TPSA) is 61.4 Å². The summed E-state index contributed by atoms with van der Waals surface area (Å²) >= 11 is 0. The Labute approximate surface area is 190 Å². The number of pyridine rings is 2. The molecular weight excluding hydrogens is 431 g/mol. The molecule has 0 aliphatic carbocycles. The van der Waals surface area contributed by atoms with E-state index in [1.54, 1.807) is 36.7 Å². The predicted molar refractivity (Wildman–Crippen MR) is 121 cm³/mol. The molecule has 9 heteroatoms. The highest BCUT2D eigenvalue weighted by Crippen LogP contribution is 2.33. The van der Waals surface area contributed by atoms with Gasteiger partial charge in [-0.3, -0.25) is 9.78 Å². The maximum atomic E-state index is 13.7. The van der Waals surface area contributed by atoms with Crippen LogP contribution in [-0.2, 0) is 17.8 Å². The fourth-order valence-electron chi connectivity index (χ4n) is 3.80. The van der Waals surface area contributed by atoms with Crippen molar-refractivity contribution >= 4 is 23.7 Å². The average Bonchev–Trinajstić information content (AvgIpc) is 3.18. The van der Waals surface area contributed by atoms with E-state index in [-0.39, 0.29) is 25.3 Å². The van der Waals surface area contributed by atoms with Gasteiger partial charge in [-0.15, -0.1) is 0 Å². The van der Waals surface area contributed by atoms with Gasteiger partial charge in [0.1, 0.15) is 11.6 Å². The van der Waals surface area contributed by atoms with E-state index in [2.05, 4.69) is 15.3 Å². The number of aromatic nitrogens is 2. The molecule has 6 nitrogen and oxygen atoms in total. The first-order valence-electron chi connectivity index (χ1n) is 10.7. The zero-order valence-electron chi connectivity index (χ0n) is 17.9. The lowest BCUT2D eigenvalue weighted by Crippen LogP contribution is -2.27. The lowest BCUT2D eigenvalue weighted by Gasteiger charge is -2.24. The summed E-state index contributed by atoms with van der Waals surface area (Å²) in [6.07, 6.45) is 4.32. The summed E-state index contributed by atoms with van der Waals surface area (Å²) in [5.74, 6) is -2.25. The van der Waals surface area contributed by atoms with Crippen LogP contribution in [0.2, 0.25) is 0 Å². The minimum Gasteiger partial charge on any atom is -0.368 e. The number of carbonyl (C=O) groups excluding carboxylic acids is 1. The summed E-state index contributed by atoms with van der Waals surface area (Å²) in [6.45, 7) is 0.506. The maximum Gasteiger partial charge on any atom is 0.266 e. The molecule has 1 fully saturated rings. The Morgan fingerprint density at radius 3 is 2.70 bits per heavy atom. The van der Waals surface area contributed by atoms with Crippen molar-refractivity contribution in [1.29, 1.82) is 0 Å². The third-order valence-electron chi connectivity index (χ3n) is 5.46. The Hall–Kier alpha value is -3.62. The molecule has 4 rings (SSSR count). The second-order valence-corrected chi connectivity index (χ2v) is 7.97. The molecule has 1 saturated heterocycles. The fraction of sp³-hybridized carbons (Fsp3) is 0.292. The third-order valence-corrected chi connectivity index (χ3v) is 5.46. The van der Waals surface area contributed by atoms with E-state index in [1.807, 2.05) is 12.1 Å². The smallest absolute Gasteiger partial charge is 0.266 e. The molecule has 1 aliphatic heterocycles. The van der Waals surface area contributed by atoms with Crippen molar-refractivity contribution in [3.63, 3.8) is 0 Å². The maximum absolute atomic E-state index is 13.7. The third kappa shape index (κ3) is 5.79. The molecule has 0 radical (unpaired) electrons. The number of anilines is 3. The monoisotopic (exact) mass is 455 g/mol. The van der Waals surface area contributed by atoms with Gasteiger partial charge < -0.3 is 15.1 Å². The van der Waals surface area contributed by atoms with Crippen LogP contribution in [0.15, 0.2) is 60.9 Å². The van der Waals surface area contributed by atoms with Crippen LogP contribution in [-0.4, -0.2) is 41.9 Å². The molecule has 1 aliphatic rings. The van der Waals surface area contributed by atoms with Crippen molar-refractivity contribution in [2.24, 2.45) is 0 Å². The largest absolute Gasteiger partial charge is 0.368 e. The minimum absolute atomic E-state index is 0.204. The first-order valence-corrected chi connectivity index (χ1v) is 10.7. The number of nitrogens with zero attached hydrogens (tertiary/aromatic N) is 4. The molecule has 33 heavy (non-hydrogen) atoms. The number of hydrogen-bond acceptors (Lipinski definition) is 5. The van der Waals surface area contributed by atoms with Crippen LogP contribution in [0.1, 0.15) is 17.5 Å². The van der Waals surface area contributed by atoms with Gasteiger partial charge in [-0.1, -0.05) is 18.2 Å². The highest BCUT2D eigenvalue weighted by Gasteiger charge is 2.38. The summed E-state index contributed by atoms with van der Waals surface area (Å²) in [4.78, 5) is 23.6. The molecule has 1 N–H and O–H groups in total. The Morgan fingerprint density at radius 1 is 1.15 bits per heavy atom. The van der Waals surface area contributed by atoms with Crippen molar-refractivity contribution in [2.75, 3.05) is 34.8 Å². The normalized spacial score (nSPS) is 14.8. The van der Waals surface area contributed by atoms with Crippen LogP contribution in [0.5, 0.6) is 0 Å². The van der Waals surface area contributed by atoms with Crippen molar-refractivity contribution in [3.05, 3.63) is 77.9 Å². The molecule has 0 atom stereocenters. The van der Waals surface area contributed by atoms with Crippen molar-refractivity contribution in [2.45, 2.75) is 25.3 Å². The first-order chi connectivity index (χ1) is 15.9. The van der Waals surface area contributed by atoms with Gasteiger partial charge >= 0.3 is 0 Å². The summed E-state index contributed by atoms with van der Waals surface area (Å²) in [7, 11) is 0. The van der Waals surface area contributed by atoms with Crippen LogP contribution in [0.3, 0.4) is 0 Å². The second kappa shape index (κ2) is 9.89. The van der Waals surface area contributed by atoms with Crippen molar-refractivity contribution in [1.82, 2.24) is 9.97 Å². The molecule has 0 unspecified atom stereocenters. The zero-order chi connectivity index (χ0) is 23.3. The number of rotatable bonds is 9. The summed E-state index contributed by atoms with van der Waals surface area (Å²) < 4.78 is 40.9. The molecular formula is C24H24F3N5O. The van der Waals surface area contributed by atoms with Gasteiger partial charge in [0.2, 0.25) is 6.41 Å². The quantitative estimate of drug-likeness (QED) is 0.488. The predicted octanol–water partition coefficient (Wildman–Crippen LogP) is 4.28. The SMILES string of the molecule is O=CN(Cc1cccnc1)c1ccc(N2CCC(F)(F)C2)nc1NCCc1cccc(F)c1. The lowest BCUT2D eigenvalue weighted by atomic mass is 10.1. The van der Waals surface area contributed by atoms with Crippen LogP contribution >= 0.6 is 0 Å². The standard InChI is InChI=1S/C24H24F3N5O/c25-20-5-1-3-18(13-20)8-11-29-23-21(32(17-33)15-19-4-2-10-28-14-19)6-7-22(30-23)31-12-9-24(26,27)16-31/h1-7,10,13-14,17H,8-9,11-12,15-16H2,(H,29,30). The molecule has 1 aromatic carbocycles. The van der Waals surface area contributed by atoms with Crippen LogP contribution in [0.4, 0.5) is 30.5 Å². The molecule has 0 bridgehead atoms. The van der Waals surface area contributed by atoms with E-state index in [4.69, 9.17) is 0 Å². The highest BCUT2D eigenvalue weighted by atomic mass is 19.3. The van der Waals surface area contributed by atoms with Gasteiger partial charge in [-0.2, -0.15) is 0 Å². The van der Waals surface area contributed by atoms with Gasteiger partial charge in [0.25, 0.3) is 5.92 Å². The van der Waals surface area contributed by atoms with Crippen molar-refractivity contribution < 1.29 is 18.0 Å². The van der Waals surface area contributed by atoms with Gasteiger partial charge in [-0.05, 0) is 47.9 Å². The number of alkyl halides is 2. The average molecular weight is 455 g/mol. The number of carbonyl (C=O) groups is 1. The molecule has 1 amide bonds. The number of benzene rings is 1. The van der Waals surface area contributed by atoms with Gasteiger partial charge in [-0.25, -0.2) is 18.2 Å². The Morgan fingerprint density at radius 2 is 2.00 bits per heavy atom. The van der Waals surface area contributed by atoms with Crippen LogP contribution in [0, 0.1) is 5.82 Å². The molecule has 0 spiro atoms. The van der Waals surface area contributed by atoms with Crippen LogP contribution in [0.25, 0.3) is 0 Å². The number of hydrogen-bond donors (Lipinski definition) is 1. The number of amides is 1. The Kier molecular flexibility index (Phi) is 6.76. The summed E-state index contributed by atoms with van der Waals surface area (Å²) in [5.41, 5.74) is 2.16. The second-order valence-electron chi connectivity index (χ2n) is 7.97. The number of halogens is 3. The minimum atomic E-state index is -2.75. The molecule has 3 aromatic rings. The van der Waals surface area contributed by atoms with Gasteiger partial charge in [0.15, 0.2) is 5.82 Å². The van der Waals surface area contributed by atoms with Crippen molar-refractivity contribution in [3.8, 4) is 0 Å². The Balaban J connectivity index is 1.57. The highest BCUT2D eigenvalue weighted by molar-refractivity contribution is 5.82. The molecule has 2 aromatic heterocycles. The van der Waals surface area contributed by atoms with Gasteiger partial charge in [0, 0.05) is 31.9 Å². The molecule has 3 heterocycles. The van der Waals surface area contributed by atoms with E-state index in [1.165, 1.54) is 21.9 Å². The fourth-order valence-corrected chi connectivity index (χ4v) is 3.80. The van der Waals surface area contributed by atoms with E-state index in [0.717, 1.165) is 11.1 Å². The van der Waals surface area contributed by atoms with E-state index < -0.39 is 12.5 Å². The van der Waals surface area contributed by atoms with E-state index in [9.17, 15) is 18.0 Å². The van der Waals surface area contributed by atoms with E-state index >= 15 is 0 Å². The lowest BCUT2D eigenvalue weighted by molar-refractivity contribution is -0.107. The van der Waals surface area contributed by atoms with Gasteiger partial charge in [0.05, 0.1) is 18.8 Å². The molecule has 0 saturated carbocycles. The summed E-state index contributed by atoms with van der Waals surface area (Å²) in [5, 5.41) is 3.20. The van der Waals surface area contributed by atoms with Crippen LogP contribution < -0.4 is 15.1 Å². The summed E-state index contributed by atoms with van der Waals surface area (Å²) in [6, 6.07) is 13.3. The number of nitrogens with one attached hydrogen (secondary N) is 1. The molecule has 172 valence electrons.